The molecule has 0 aromatic carbocycles. The minimum atomic E-state index is 0.968. The number of nitrogens with one attached hydrogen (secondary N) is 1. The van der Waals surface area contributed by atoms with Crippen LogP contribution in [0.25, 0.3) is 0 Å². The van der Waals surface area contributed by atoms with Gasteiger partial charge in [0.25, 0.3) is 0 Å². The van der Waals surface area contributed by atoms with Gasteiger partial charge in [-0.3, -0.25) is 0 Å². The zero-order valence-corrected chi connectivity index (χ0v) is 6.19. The molecule has 2 aromatic heterocycles. The number of hydrogen-bond acceptors (Lipinski definition) is 3. The molecule has 0 fully saturated rings. The maximum absolute atomic E-state index is 4.47. The average Bonchev–Trinajstić information content (AvgIpc) is 2.57. The van der Waals surface area contributed by atoms with Gasteiger partial charge in [-0.05, 0) is 6.92 Å². The molecule has 2 rings (SSSR count). The van der Waals surface area contributed by atoms with E-state index in [1.165, 1.54) is 12.7 Å². The third kappa shape index (κ3) is 3.20. The maximum Gasteiger partial charge on any atom is 0.180 e. The molecule has 0 saturated heterocycles. The summed E-state index contributed by atoms with van der Waals surface area (Å²) in [4.78, 5) is 10.3. The molecule has 0 aliphatic carbocycles. The predicted molar refractivity (Wildman–Crippen MR) is 39.8 cm³/mol. The number of H-pyrrole nitrogens is 1. The lowest BCUT2D eigenvalue weighted by Crippen LogP contribution is -1.66. The molecule has 0 radical (unpaired) electrons. The Kier molecular flexibility index (Phi) is 2.92. The van der Waals surface area contributed by atoms with Crippen molar-refractivity contribution >= 4 is 0 Å². The molecule has 58 valence electrons. The van der Waals surface area contributed by atoms with Gasteiger partial charge in [0, 0.05) is 12.4 Å². The average molecular weight is 151 g/mol. The lowest BCUT2D eigenvalue weighted by atomic mass is 10.8. The highest BCUT2D eigenvalue weighted by atomic mass is 16.3. The fraction of sp³-hybridized carbons (Fsp3) is 0.143. The van der Waals surface area contributed by atoms with Gasteiger partial charge in [0.05, 0.1) is 6.20 Å². The van der Waals surface area contributed by atoms with Crippen LogP contribution in [0.3, 0.4) is 0 Å². The van der Waals surface area contributed by atoms with Gasteiger partial charge in [-0.1, -0.05) is 0 Å². The summed E-state index contributed by atoms with van der Waals surface area (Å²) in [6.07, 6.45) is 8.00. The van der Waals surface area contributed by atoms with Crippen LogP contribution in [-0.4, -0.2) is 15.0 Å². The largest absolute Gasteiger partial charge is 0.452 e. The van der Waals surface area contributed by atoms with Crippen LogP contribution in [0.4, 0.5) is 0 Å². The zero-order valence-electron chi connectivity index (χ0n) is 6.19. The normalized spacial score (nSPS) is 8.45. The Balaban J connectivity index is 0.000000112. The molecule has 1 N–H and O–H groups in total. The van der Waals surface area contributed by atoms with Gasteiger partial charge in [-0.2, -0.15) is 0 Å². The van der Waals surface area contributed by atoms with Gasteiger partial charge in [0.2, 0.25) is 0 Å². The van der Waals surface area contributed by atoms with E-state index in [9.17, 15) is 0 Å². The number of rotatable bonds is 0. The Labute approximate surface area is 64.3 Å². The van der Waals surface area contributed by atoms with Crippen molar-refractivity contribution in [2.75, 3.05) is 0 Å². The summed E-state index contributed by atoms with van der Waals surface area (Å²) < 4.78 is 4.47. The quantitative estimate of drug-likeness (QED) is 0.619. The Bertz CT molecular complexity index is 232. The minimum absolute atomic E-state index is 0.968. The fourth-order valence-corrected chi connectivity index (χ4v) is 0.520. The fourth-order valence-electron chi connectivity index (χ4n) is 0.520. The molecular formula is C7H9N3O. The van der Waals surface area contributed by atoms with E-state index in [1.807, 2.05) is 6.92 Å². The first-order valence-electron chi connectivity index (χ1n) is 3.17. The number of aromatic nitrogens is 3. The van der Waals surface area contributed by atoms with E-state index in [2.05, 4.69) is 19.4 Å². The molecule has 0 saturated carbocycles. The third-order valence-corrected chi connectivity index (χ3v) is 0.982. The molecule has 0 bridgehead atoms. The summed E-state index contributed by atoms with van der Waals surface area (Å²) in [5.41, 5.74) is 0. The van der Waals surface area contributed by atoms with Crippen molar-refractivity contribution in [2.24, 2.45) is 0 Å². The smallest absolute Gasteiger partial charge is 0.180 e. The predicted octanol–water partition coefficient (Wildman–Crippen LogP) is 1.39. The van der Waals surface area contributed by atoms with E-state index in [0.717, 1.165) is 5.82 Å². The number of aromatic amines is 1. The summed E-state index contributed by atoms with van der Waals surface area (Å²) in [5.74, 6) is 0.968. The number of aryl methyl sites for hydroxylation is 1. The van der Waals surface area contributed by atoms with Gasteiger partial charge >= 0.3 is 0 Å². The Morgan fingerprint density at radius 2 is 2.36 bits per heavy atom. The third-order valence-electron chi connectivity index (χ3n) is 0.982. The molecule has 0 unspecified atom stereocenters. The van der Waals surface area contributed by atoms with E-state index in [4.69, 9.17) is 0 Å². The van der Waals surface area contributed by atoms with E-state index < -0.39 is 0 Å². The monoisotopic (exact) mass is 151 g/mol. The van der Waals surface area contributed by atoms with Crippen molar-refractivity contribution in [3.8, 4) is 0 Å². The molecule has 0 atom stereocenters. The maximum atomic E-state index is 4.47. The second kappa shape index (κ2) is 4.27. The number of hydrogen-bond donors (Lipinski definition) is 1. The van der Waals surface area contributed by atoms with Crippen LogP contribution in [-0.2, 0) is 0 Å². The van der Waals surface area contributed by atoms with Crippen LogP contribution in [0.1, 0.15) is 5.82 Å². The summed E-state index contributed by atoms with van der Waals surface area (Å²) in [7, 11) is 0. The highest BCUT2D eigenvalue weighted by Crippen LogP contribution is 1.78. The van der Waals surface area contributed by atoms with E-state index in [-0.39, 0.29) is 0 Å². The molecule has 2 aromatic rings. The highest BCUT2D eigenvalue weighted by Gasteiger charge is 1.73. The molecule has 4 nitrogen and oxygen atoms in total. The van der Waals surface area contributed by atoms with Crippen molar-refractivity contribution in [1.29, 1.82) is 0 Å². The molecule has 0 aliphatic heterocycles. The van der Waals surface area contributed by atoms with E-state index in [1.54, 1.807) is 18.6 Å². The summed E-state index contributed by atoms with van der Waals surface area (Å²) >= 11 is 0. The topological polar surface area (TPSA) is 54.7 Å². The highest BCUT2D eigenvalue weighted by molar-refractivity contribution is 4.80. The SMILES string of the molecule is Cc1ncc[nH]1.c1cocn1. The zero-order chi connectivity index (χ0) is 7.94. The molecule has 4 heteroatoms. The lowest BCUT2D eigenvalue weighted by molar-refractivity contribution is 0.558. The number of imidazole rings is 1. The van der Waals surface area contributed by atoms with Crippen molar-refractivity contribution < 1.29 is 4.42 Å². The lowest BCUT2D eigenvalue weighted by Gasteiger charge is -1.68. The Morgan fingerprint density at radius 3 is 2.55 bits per heavy atom. The summed E-state index contributed by atoms with van der Waals surface area (Å²) in [6.45, 7) is 1.92. The molecule has 0 spiro atoms. The van der Waals surface area contributed by atoms with Crippen LogP contribution in [0.2, 0.25) is 0 Å². The Hall–Kier alpha value is -1.58. The van der Waals surface area contributed by atoms with Crippen LogP contribution < -0.4 is 0 Å². The molecular weight excluding hydrogens is 142 g/mol. The van der Waals surface area contributed by atoms with Crippen LogP contribution >= 0.6 is 0 Å². The second-order valence-electron chi connectivity index (χ2n) is 1.85. The molecule has 0 aliphatic rings. The number of nitrogens with zero attached hydrogens (tertiary/aromatic N) is 2. The van der Waals surface area contributed by atoms with Crippen LogP contribution in [0.15, 0.2) is 35.7 Å². The standard InChI is InChI=1S/C4H6N2.C3H3NO/c1-4-5-2-3-6-4;1-2-5-3-4-1/h2-3H,1H3,(H,5,6);1-3H. The van der Waals surface area contributed by atoms with Crippen molar-refractivity contribution in [3.05, 3.63) is 37.1 Å². The first kappa shape index (κ1) is 7.53. The van der Waals surface area contributed by atoms with Crippen molar-refractivity contribution in [3.63, 3.8) is 0 Å². The van der Waals surface area contributed by atoms with E-state index in [0.29, 0.717) is 0 Å². The number of oxazole rings is 1. The first-order chi connectivity index (χ1) is 5.39. The minimum Gasteiger partial charge on any atom is -0.452 e. The Morgan fingerprint density at radius 1 is 1.45 bits per heavy atom. The van der Waals surface area contributed by atoms with Gasteiger partial charge in [-0.25, -0.2) is 9.97 Å². The van der Waals surface area contributed by atoms with E-state index >= 15 is 0 Å². The van der Waals surface area contributed by atoms with Crippen LogP contribution in [0.5, 0.6) is 0 Å². The summed E-state index contributed by atoms with van der Waals surface area (Å²) in [5, 5.41) is 0. The van der Waals surface area contributed by atoms with Gasteiger partial charge in [-0.15, -0.1) is 0 Å². The second-order valence-corrected chi connectivity index (χ2v) is 1.85. The van der Waals surface area contributed by atoms with Gasteiger partial charge < -0.3 is 9.40 Å². The van der Waals surface area contributed by atoms with Gasteiger partial charge in [0.15, 0.2) is 6.39 Å². The van der Waals surface area contributed by atoms with Crippen LogP contribution in [0, 0.1) is 6.92 Å². The summed E-state index contributed by atoms with van der Waals surface area (Å²) in [6, 6.07) is 0. The molecule has 11 heavy (non-hydrogen) atoms. The van der Waals surface area contributed by atoms with Gasteiger partial charge in [0.1, 0.15) is 12.1 Å². The van der Waals surface area contributed by atoms with Crippen molar-refractivity contribution in [1.82, 2.24) is 15.0 Å². The van der Waals surface area contributed by atoms with Crippen molar-refractivity contribution in [2.45, 2.75) is 6.92 Å². The molecule has 2 heterocycles. The molecule has 0 amide bonds. The first-order valence-corrected chi connectivity index (χ1v) is 3.17.